The van der Waals surface area contributed by atoms with Gasteiger partial charge in [-0.25, -0.2) is 13.1 Å². The number of nitrogens with zero attached hydrogens (tertiary/aromatic N) is 2. The molecule has 0 fully saturated rings. The van der Waals surface area contributed by atoms with E-state index in [2.05, 4.69) is 36.2 Å². The molecule has 0 radical (unpaired) electrons. The number of hydrogen-bond donors (Lipinski definition) is 2. The molecule has 25 heavy (non-hydrogen) atoms. The molecule has 0 spiro atoms. The maximum atomic E-state index is 12.1. The Labute approximate surface area is 158 Å². The summed E-state index contributed by atoms with van der Waals surface area (Å²) in [6.07, 6.45) is -0.0177. The highest BCUT2D eigenvalue weighted by atomic mass is 79.9. The van der Waals surface area contributed by atoms with Crippen molar-refractivity contribution in [1.82, 2.24) is 14.9 Å². The number of benzene rings is 1. The summed E-state index contributed by atoms with van der Waals surface area (Å²) >= 11 is 4.46. The largest absolute Gasteiger partial charge is 0.374 e. The van der Waals surface area contributed by atoms with Gasteiger partial charge in [-0.05, 0) is 31.2 Å². The minimum absolute atomic E-state index is 0.0177. The minimum Gasteiger partial charge on any atom is -0.374 e. The van der Waals surface area contributed by atoms with Crippen LogP contribution in [0.5, 0.6) is 0 Å². The van der Waals surface area contributed by atoms with Gasteiger partial charge in [0.15, 0.2) is 0 Å². The van der Waals surface area contributed by atoms with Crippen LogP contribution in [0.25, 0.3) is 0 Å². The number of rotatable bonds is 9. The lowest BCUT2D eigenvalue weighted by molar-refractivity contribution is -0.116. The van der Waals surface area contributed by atoms with Crippen LogP contribution in [0.3, 0.4) is 0 Å². The summed E-state index contributed by atoms with van der Waals surface area (Å²) in [6.45, 7) is 2.77. The fraction of sp³-hybridized carbons (Fsp3) is 0.357. The van der Waals surface area contributed by atoms with Crippen molar-refractivity contribution in [2.75, 3.05) is 18.5 Å². The Kier molecular flexibility index (Phi) is 7.44. The molecule has 0 unspecified atom stereocenters. The van der Waals surface area contributed by atoms with Crippen molar-refractivity contribution in [3.05, 3.63) is 33.7 Å². The molecular formula is C14H17BrN4O4S2. The molecule has 0 atom stereocenters. The Morgan fingerprint density at radius 1 is 1.28 bits per heavy atom. The third-order valence-corrected chi connectivity index (χ3v) is 5.73. The van der Waals surface area contributed by atoms with E-state index in [4.69, 9.17) is 4.74 Å². The molecule has 2 rings (SSSR count). The molecule has 0 aliphatic heterocycles. The number of sulfonamides is 1. The maximum absolute atomic E-state index is 12.1. The predicted octanol–water partition coefficient (Wildman–Crippen LogP) is 2.14. The highest BCUT2D eigenvalue weighted by Crippen LogP contribution is 2.16. The lowest BCUT2D eigenvalue weighted by Gasteiger charge is -2.06. The second-order valence-corrected chi connectivity index (χ2v) is 8.53. The van der Waals surface area contributed by atoms with E-state index in [0.29, 0.717) is 23.4 Å². The van der Waals surface area contributed by atoms with E-state index in [1.165, 1.54) is 23.5 Å². The average Bonchev–Trinajstić information content (AvgIpc) is 3.00. The molecule has 136 valence electrons. The molecule has 1 aromatic carbocycles. The molecule has 2 N–H and O–H groups in total. The fourth-order valence-corrected chi connectivity index (χ4v) is 3.72. The van der Waals surface area contributed by atoms with Crippen LogP contribution in [0.1, 0.15) is 18.4 Å². The summed E-state index contributed by atoms with van der Waals surface area (Å²) in [7, 11) is -3.64. The van der Waals surface area contributed by atoms with Gasteiger partial charge in [0.25, 0.3) is 0 Å². The third-order valence-electron chi connectivity index (χ3n) is 2.91. The Balaban J connectivity index is 1.80. The number of anilines is 1. The van der Waals surface area contributed by atoms with E-state index in [-0.39, 0.29) is 23.8 Å². The van der Waals surface area contributed by atoms with E-state index in [1.807, 2.05) is 6.92 Å². The van der Waals surface area contributed by atoms with E-state index in [9.17, 15) is 13.2 Å². The molecule has 1 heterocycles. The van der Waals surface area contributed by atoms with E-state index in [0.717, 1.165) is 4.47 Å². The van der Waals surface area contributed by atoms with Crippen molar-refractivity contribution in [3.8, 4) is 0 Å². The molecule has 2 aromatic rings. The van der Waals surface area contributed by atoms with E-state index >= 15 is 0 Å². The van der Waals surface area contributed by atoms with Crippen molar-refractivity contribution in [3.63, 3.8) is 0 Å². The van der Waals surface area contributed by atoms with E-state index in [1.54, 1.807) is 12.1 Å². The van der Waals surface area contributed by atoms with Crippen LogP contribution < -0.4 is 10.0 Å². The SMILES string of the molecule is CCOCc1nnc(NC(=O)CCNS(=O)(=O)c2ccc(Br)cc2)s1. The van der Waals surface area contributed by atoms with Crippen LogP contribution in [0.4, 0.5) is 5.13 Å². The van der Waals surface area contributed by atoms with Gasteiger partial charge < -0.3 is 10.1 Å². The predicted molar refractivity (Wildman–Crippen MR) is 97.8 cm³/mol. The molecule has 11 heteroatoms. The zero-order chi connectivity index (χ0) is 18.3. The first kappa shape index (κ1) is 19.9. The number of aromatic nitrogens is 2. The van der Waals surface area contributed by atoms with Gasteiger partial charge in [0.05, 0.1) is 4.90 Å². The molecule has 1 amide bonds. The standard InChI is InChI=1S/C14H17BrN4O4S2/c1-2-23-9-13-18-19-14(24-13)17-12(20)7-8-16-25(21,22)11-5-3-10(15)4-6-11/h3-6,16H,2,7-9H2,1H3,(H,17,19,20). The van der Waals surface area contributed by atoms with Crippen LogP contribution in [-0.4, -0.2) is 37.7 Å². The van der Waals surface area contributed by atoms with E-state index < -0.39 is 10.0 Å². The van der Waals surface area contributed by atoms with Crippen LogP contribution in [0.15, 0.2) is 33.6 Å². The molecule has 8 nitrogen and oxygen atoms in total. The van der Waals surface area contributed by atoms with Gasteiger partial charge in [-0.2, -0.15) is 0 Å². The van der Waals surface area contributed by atoms with Crippen molar-refractivity contribution < 1.29 is 17.9 Å². The quantitative estimate of drug-likeness (QED) is 0.607. The summed E-state index contributed by atoms with van der Waals surface area (Å²) < 4.78 is 32.6. The zero-order valence-corrected chi connectivity index (χ0v) is 16.6. The summed E-state index contributed by atoms with van der Waals surface area (Å²) in [6, 6.07) is 6.23. The summed E-state index contributed by atoms with van der Waals surface area (Å²) in [5, 5.41) is 11.3. The Bertz CT molecular complexity index is 808. The van der Waals surface area contributed by atoms with Gasteiger partial charge in [0.2, 0.25) is 21.1 Å². The molecule has 0 saturated heterocycles. The second-order valence-electron chi connectivity index (χ2n) is 4.79. The van der Waals surface area contributed by atoms with Crippen LogP contribution in [0.2, 0.25) is 0 Å². The Morgan fingerprint density at radius 2 is 2.00 bits per heavy atom. The molecular weight excluding hydrogens is 432 g/mol. The van der Waals surface area contributed by atoms with Crippen molar-refractivity contribution in [2.45, 2.75) is 24.8 Å². The van der Waals surface area contributed by atoms with Gasteiger partial charge in [0.1, 0.15) is 11.6 Å². The highest BCUT2D eigenvalue weighted by Gasteiger charge is 2.14. The zero-order valence-electron chi connectivity index (χ0n) is 13.4. The normalized spacial score (nSPS) is 11.4. The Morgan fingerprint density at radius 3 is 2.68 bits per heavy atom. The summed E-state index contributed by atoms with van der Waals surface area (Å²) in [5.74, 6) is -0.349. The first-order valence-electron chi connectivity index (χ1n) is 7.36. The number of amides is 1. The van der Waals surface area contributed by atoms with Gasteiger partial charge in [0, 0.05) is 24.0 Å². The smallest absolute Gasteiger partial charge is 0.240 e. The monoisotopic (exact) mass is 448 g/mol. The number of nitrogens with one attached hydrogen (secondary N) is 2. The summed E-state index contributed by atoms with van der Waals surface area (Å²) in [5.41, 5.74) is 0. The van der Waals surface area contributed by atoms with Gasteiger partial charge in [-0.15, -0.1) is 10.2 Å². The van der Waals surface area contributed by atoms with Crippen LogP contribution >= 0.6 is 27.3 Å². The highest BCUT2D eigenvalue weighted by molar-refractivity contribution is 9.10. The molecule has 0 aliphatic rings. The van der Waals surface area contributed by atoms with Crippen LogP contribution in [-0.2, 0) is 26.2 Å². The van der Waals surface area contributed by atoms with Crippen molar-refractivity contribution in [1.29, 1.82) is 0 Å². The lowest BCUT2D eigenvalue weighted by Crippen LogP contribution is -2.27. The maximum Gasteiger partial charge on any atom is 0.240 e. The Hall–Kier alpha value is -1.40. The fourth-order valence-electron chi connectivity index (χ4n) is 1.73. The van der Waals surface area contributed by atoms with Crippen LogP contribution in [0, 0.1) is 0 Å². The van der Waals surface area contributed by atoms with Gasteiger partial charge in [-0.3, -0.25) is 4.79 Å². The van der Waals surface area contributed by atoms with Crippen molar-refractivity contribution in [2.24, 2.45) is 0 Å². The minimum atomic E-state index is -3.64. The first-order chi connectivity index (χ1) is 11.9. The number of carbonyl (C=O) groups excluding carboxylic acids is 1. The molecule has 0 saturated carbocycles. The number of halogens is 1. The molecule has 0 aliphatic carbocycles. The van der Waals surface area contributed by atoms with Gasteiger partial charge in [-0.1, -0.05) is 27.3 Å². The average molecular weight is 449 g/mol. The summed E-state index contributed by atoms with van der Waals surface area (Å²) in [4.78, 5) is 12.0. The lowest BCUT2D eigenvalue weighted by atomic mass is 10.4. The molecule has 0 bridgehead atoms. The topological polar surface area (TPSA) is 110 Å². The number of carbonyl (C=O) groups is 1. The van der Waals surface area contributed by atoms with Gasteiger partial charge >= 0.3 is 0 Å². The third kappa shape index (κ3) is 6.44. The molecule has 1 aromatic heterocycles. The second kappa shape index (κ2) is 9.34. The number of ether oxygens (including phenoxy) is 1. The van der Waals surface area contributed by atoms with Crippen molar-refractivity contribution >= 4 is 48.3 Å². The first-order valence-corrected chi connectivity index (χ1v) is 10.4. The number of hydrogen-bond acceptors (Lipinski definition) is 7.